The molecule has 4 rings (SSSR count). The van der Waals surface area contributed by atoms with E-state index in [0.29, 0.717) is 24.8 Å². The van der Waals surface area contributed by atoms with E-state index in [-0.39, 0.29) is 11.3 Å². The number of benzene rings is 1. The van der Waals surface area contributed by atoms with E-state index >= 15 is 0 Å². The van der Waals surface area contributed by atoms with Gasteiger partial charge in [-0.2, -0.15) is 0 Å². The van der Waals surface area contributed by atoms with Crippen molar-refractivity contribution >= 4 is 23.2 Å². The molecule has 2 amide bonds. The Morgan fingerprint density at radius 2 is 1.87 bits per heavy atom. The summed E-state index contributed by atoms with van der Waals surface area (Å²) in [6.45, 7) is 4.22. The van der Waals surface area contributed by atoms with Crippen LogP contribution in [0.5, 0.6) is 0 Å². The van der Waals surface area contributed by atoms with Crippen molar-refractivity contribution in [3.05, 3.63) is 52.0 Å². The van der Waals surface area contributed by atoms with Crippen LogP contribution < -0.4 is 5.32 Å². The smallest absolute Gasteiger partial charge is 0.233 e. The molecule has 31 heavy (non-hydrogen) atoms. The minimum atomic E-state index is -0.334. The number of nitrogens with zero attached hydrogens (tertiary/aromatic N) is 2. The molecule has 0 bridgehead atoms. The number of amides is 2. The van der Waals surface area contributed by atoms with Gasteiger partial charge in [-0.15, -0.1) is 11.3 Å². The van der Waals surface area contributed by atoms with Crippen LogP contribution in [0.2, 0.25) is 0 Å². The highest BCUT2D eigenvalue weighted by atomic mass is 32.1. The number of likely N-dealkylation sites (tertiary alicyclic amines) is 1. The number of carbonyl (C=O) groups excluding carboxylic acids is 2. The minimum Gasteiger partial charge on any atom is -0.356 e. The lowest BCUT2D eigenvalue weighted by Gasteiger charge is -2.38. The Labute approximate surface area is 189 Å². The first kappa shape index (κ1) is 22.0. The molecule has 0 unspecified atom stereocenters. The number of hydrogen-bond donors (Lipinski definition) is 1. The minimum absolute atomic E-state index is 0.120. The Balaban J connectivity index is 1.25. The molecule has 166 valence electrons. The molecule has 1 aliphatic heterocycles. The van der Waals surface area contributed by atoms with Crippen LogP contribution in [0.4, 0.5) is 0 Å². The third kappa shape index (κ3) is 5.17. The quantitative estimate of drug-likeness (QED) is 0.701. The standard InChI is InChI=1S/C25H33N3O2S/c1-19-18-27-23(31-19)9-14-26-22(29)17-20-10-15-28(16-11-20)24(30)25(12-5-6-13-25)21-7-3-2-4-8-21/h2-4,7-8,18,20H,5-6,9-17H2,1H3,(H,26,29). The molecular formula is C25H33N3O2S. The first-order valence-electron chi connectivity index (χ1n) is 11.6. The molecule has 1 saturated carbocycles. The largest absolute Gasteiger partial charge is 0.356 e. The van der Waals surface area contributed by atoms with Crippen molar-refractivity contribution < 1.29 is 9.59 Å². The summed E-state index contributed by atoms with van der Waals surface area (Å²) in [7, 11) is 0. The molecule has 2 fully saturated rings. The monoisotopic (exact) mass is 439 g/mol. The summed E-state index contributed by atoms with van der Waals surface area (Å²) in [6.07, 6.45) is 9.21. The zero-order valence-corrected chi connectivity index (χ0v) is 19.3. The Morgan fingerprint density at radius 1 is 1.16 bits per heavy atom. The van der Waals surface area contributed by atoms with Gasteiger partial charge in [-0.25, -0.2) is 4.98 Å². The second-order valence-electron chi connectivity index (χ2n) is 9.06. The van der Waals surface area contributed by atoms with Crippen LogP contribution in [-0.2, 0) is 21.4 Å². The molecule has 6 heteroatoms. The number of thiazole rings is 1. The van der Waals surface area contributed by atoms with Gasteiger partial charge in [0.15, 0.2) is 0 Å². The van der Waals surface area contributed by atoms with Crippen molar-refractivity contribution in [2.24, 2.45) is 5.92 Å². The van der Waals surface area contributed by atoms with Gasteiger partial charge in [0.1, 0.15) is 0 Å². The third-order valence-corrected chi connectivity index (χ3v) is 7.87. The number of carbonyl (C=O) groups is 2. The molecule has 1 aromatic heterocycles. The summed E-state index contributed by atoms with van der Waals surface area (Å²) >= 11 is 1.69. The van der Waals surface area contributed by atoms with E-state index in [1.807, 2.05) is 31.3 Å². The van der Waals surface area contributed by atoms with Crippen molar-refractivity contribution in [1.82, 2.24) is 15.2 Å². The van der Waals surface area contributed by atoms with Gasteiger partial charge in [0.05, 0.1) is 10.4 Å². The average molecular weight is 440 g/mol. The van der Waals surface area contributed by atoms with Crippen LogP contribution in [0.1, 0.15) is 60.4 Å². The van der Waals surface area contributed by atoms with Gasteiger partial charge >= 0.3 is 0 Å². The Morgan fingerprint density at radius 3 is 2.52 bits per heavy atom. The molecule has 2 aromatic rings. The summed E-state index contributed by atoms with van der Waals surface area (Å²) < 4.78 is 0. The van der Waals surface area contributed by atoms with Crippen LogP contribution in [0, 0.1) is 12.8 Å². The highest BCUT2D eigenvalue weighted by Gasteiger charge is 2.45. The fraction of sp³-hybridized carbons (Fsp3) is 0.560. The Bertz CT molecular complexity index is 881. The van der Waals surface area contributed by atoms with E-state index in [9.17, 15) is 9.59 Å². The van der Waals surface area contributed by atoms with Crippen molar-refractivity contribution in [3.63, 3.8) is 0 Å². The summed E-state index contributed by atoms with van der Waals surface area (Å²) in [5.74, 6) is 0.787. The van der Waals surface area contributed by atoms with E-state index in [1.165, 1.54) is 10.4 Å². The molecule has 0 atom stereocenters. The predicted octanol–water partition coefficient (Wildman–Crippen LogP) is 4.25. The zero-order valence-electron chi connectivity index (χ0n) is 18.4. The average Bonchev–Trinajstić information content (AvgIpc) is 3.44. The maximum Gasteiger partial charge on any atom is 0.233 e. The van der Waals surface area contributed by atoms with E-state index in [4.69, 9.17) is 0 Å². The molecule has 0 radical (unpaired) electrons. The maximum atomic E-state index is 13.6. The van der Waals surface area contributed by atoms with Gasteiger partial charge in [-0.05, 0) is 44.1 Å². The van der Waals surface area contributed by atoms with Crippen LogP contribution >= 0.6 is 11.3 Å². The van der Waals surface area contributed by atoms with Crippen LogP contribution in [0.25, 0.3) is 0 Å². The number of hydrogen-bond acceptors (Lipinski definition) is 4. The van der Waals surface area contributed by atoms with Crippen molar-refractivity contribution in [2.45, 2.75) is 63.7 Å². The van der Waals surface area contributed by atoms with Crippen molar-refractivity contribution in [2.75, 3.05) is 19.6 Å². The molecule has 2 aliphatic rings. The summed E-state index contributed by atoms with van der Waals surface area (Å²) in [6, 6.07) is 10.3. The topological polar surface area (TPSA) is 62.3 Å². The number of rotatable bonds is 7. The van der Waals surface area contributed by atoms with Crippen molar-refractivity contribution in [3.8, 4) is 0 Å². The molecule has 5 nitrogen and oxygen atoms in total. The Hall–Kier alpha value is -2.21. The number of piperidine rings is 1. The van der Waals surface area contributed by atoms with E-state index in [1.54, 1.807) is 11.3 Å². The van der Waals surface area contributed by atoms with Crippen LogP contribution in [0.3, 0.4) is 0 Å². The first-order chi connectivity index (χ1) is 15.1. The number of aryl methyl sites for hydroxylation is 1. The second-order valence-corrected chi connectivity index (χ2v) is 10.4. The summed E-state index contributed by atoms with van der Waals surface area (Å²) in [5, 5.41) is 4.11. The zero-order chi connectivity index (χ0) is 21.7. The van der Waals surface area contributed by atoms with E-state index < -0.39 is 0 Å². The highest BCUT2D eigenvalue weighted by Crippen LogP contribution is 2.43. The third-order valence-electron chi connectivity index (χ3n) is 6.90. The van der Waals surface area contributed by atoms with E-state index in [0.717, 1.165) is 63.0 Å². The van der Waals surface area contributed by atoms with Crippen LogP contribution in [0.15, 0.2) is 36.5 Å². The fourth-order valence-electron chi connectivity index (χ4n) is 5.16. The summed E-state index contributed by atoms with van der Waals surface area (Å²) in [4.78, 5) is 33.5. The van der Waals surface area contributed by atoms with Gasteiger partial charge < -0.3 is 10.2 Å². The van der Waals surface area contributed by atoms with Gasteiger partial charge in [0, 0.05) is 43.5 Å². The molecular weight excluding hydrogens is 406 g/mol. The molecule has 0 spiro atoms. The van der Waals surface area contributed by atoms with E-state index in [2.05, 4.69) is 27.3 Å². The maximum absolute atomic E-state index is 13.6. The molecule has 1 aliphatic carbocycles. The number of aromatic nitrogens is 1. The normalized spacial score (nSPS) is 18.8. The van der Waals surface area contributed by atoms with Gasteiger partial charge in [-0.1, -0.05) is 43.2 Å². The van der Waals surface area contributed by atoms with Gasteiger partial charge in [-0.3, -0.25) is 9.59 Å². The highest BCUT2D eigenvalue weighted by molar-refractivity contribution is 7.11. The molecule has 2 heterocycles. The van der Waals surface area contributed by atoms with Crippen molar-refractivity contribution in [1.29, 1.82) is 0 Å². The lowest BCUT2D eigenvalue weighted by Crippen LogP contribution is -2.48. The first-order valence-corrected chi connectivity index (χ1v) is 12.4. The second kappa shape index (κ2) is 9.94. The predicted molar refractivity (Wildman–Crippen MR) is 124 cm³/mol. The molecule has 1 saturated heterocycles. The number of nitrogens with one attached hydrogen (secondary N) is 1. The van der Waals surface area contributed by atoms with Crippen LogP contribution in [-0.4, -0.2) is 41.3 Å². The Kier molecular flexibility index (Phi) is 7.06. The molecule has 1 aromatic carbocycles. The lowest BCUT2D eigenvalue weighted by atomic mass is 9.77. The van der Waals surface area contributed by atoms with Gasteiger partial charge in [0.2, 0.25) is 11.8 Å². The summed E-state index contributed by atoms with van der Waals surface area (Å²) in [5.41, 5.74) is 0.842. The fourth-order valence-corrected chi connectivity index (χ4v) is 5.95. The van der Waals surface area contributed by atoms with Gasteiger partial charge in [0.25, 0.3) is 0 Å². The molecule has 1 N–H and O–H groups in total. The lowest BCUT2D eigenvalue weighted by molar-refractivity contribution is -0.139. The SMILES string of the molecule is Cc1cnc(CCNC(=O)CC2CCN(C(=O)C3(c4ccccc4)CCCC3)CC2)s1.